The summed E-state index contributed by atoms with van der Waals surface area (Å²) in [6.45, 7) is 1.55. The second-order valence-corrected chi connectivity index (χ2v) is 8.29. The molecule has 0 atom stereocenters. The lowest BCUT2D eigenvalue weighted by Gasteiger charge is -2.10. The van der Waals surface area contributed by atoms with Gasteiger partial charge < -0.3 is 9.73 Å². The fraction of sp³-hybridized carbons (Fsp3) is 0.200. The van der Waals surface area contributed by atoms with Crippen LogP contribution in [0.1, 0.15) is 19.2 Å². The molecule has 28 heavy (non-hydrogen) atoms. The van der Waals surface area contributed by atoms with E-state index in [9.17, 15) is 17.6 Å². The maximum Gasteiger partial charge on any atom is 0.224 e. The summed E-state index contributed by atoms with van der Waals surface area (Å²) < 4.78 is 43.6. The van der Waals surface area contributed by atoms with Gasteiger partial charge in [-0.15, -0.1) is 0 Å². The summed E-state index contributed by atoms with van der Waals surface area (Å²) >= 11 is 0. The first kappa shape index (κ1) is 19.8. The molecule has 0 spiro atoms. The van der Waals surface area contributed by atoms with Crippen LogP contribution in [0.5, 0.6) is 0 Å². The molecule has 0 fully saturated rings. The maximum atomic E-state index is 13.8. The van der Waals surface area contributed by atoms with Gasteiger partial charge in [-0.05, 0) is 24.3 Å². The lowest BCUT2D eigenvalue weighted by molar-refractivity contribution is -0.116. The average Bonchev–Trinajstić information content (AvgIpc) is 3.16. The molecule has 0 saturated carbocycles. The zero-order valence-corrected chi connectivity index (χ0v) is 16.0. The number of rotatable bonds is 7. The molecule has 2 aromatic carbocycles. The zero-order valence-electron chi connectivity index (χ0n) is 15.2. The molecular formula is C20H19FN2O4S. The van der Waals surface area contributed by atoms with Crippen molar-refractivity contribution in [1.82, 2.24) is 4.98 Å². The smallest absolute Gasteiger partial charge is 0.224 e. The van der Waals surface area contributed by atoms with Crippen molar-refractivity contribution in [3.8, 4) is 11.3 Å². The van der Waals surface area contributed by atoms with Crippen LogP contribution in [0.15, 0.2) is 64.0 Å². The Balaban J connectivity index is 1.66. The number of oxazole rings is 1. The largest absolute Gasteiger partial charge is 0.441 e. The molecule has 0 aliphatic rings. The number of hydrogen-bond donors (Lipinski definition) is 1. The Labute approximate surface area is 162 Å². The van der Waals surface area contributed by atoms with Crippen LogP contribution in [0.25, 0.3) is 11.3 Å². The van der Waals surface area contributed by atoms with Crippen LogP contribution in [-0.2, 0) is 21.1 Å². The van der Waals surface area contributed by atoms with Gasteiger partial charge in [0.1, 0.15) is 5.82 Å². The number of carbonyl (C=O) groups excluding carboxylic acids is 1. The minimum absolute atomic E-state index is 0.0394. The molecular weight excluding hydrogens is 383 g/mol. The molecule has 1 amide bonds. The molecule has 3 rings (SSSR count). The van der Waals surface area contributed by atoms with E-state index < -0.39 is 15.7 Å². The van der Waals surface area contributed by atoms with Gasteiger partial charge in [-0.2, -0.15) is 0 Å². The van der Waals surface area contributed by atoms with E-state index in [1.807, 2.05) is 0 Å². The topological polar surface area (TPSA) is 89.3 Å². The van der Waals surface area contributed by atoms with Crippen LogP contribution < -0.4 is 5.32 Å². The van der Waals surface area contributed by atoms with Gasteiger partial charge in [0.15, 0.2) is 21.5 Å². The minimum atomic E-state index is -3.45. The number of para-hydroxylation sites is 1. The van der Waals surface area contributed by atoms with Crippen LogP contribution in [0.3, 0.4) is 0 Å². The fourth-order valence-electron chi connectivity index (χ4n) is 2.64. The minimum Gasteiger partial charge on any atom is -0.441 e. The summed E-state index contributed by atoms with van der Waals surface area (Å²) in [5.41, 5.74) is 0.540. The summed E-state index contributed by atoms with van der Waals surface area (Å²) in [6.07, 6.45) is 1.65. The Morgan fingerprint density at radius 1 is 1.14 bits per heavy atom. The van der Waals surface area contributed by atoms with E-state index in [-0.39, 0.29) is 40.8 Å². The van der Waals surface area contributed by atoms with Gasteiger partial charge in [0, 0.05) is 12.8 Å². The Morgan fingerprint density at radius 3 is 2.61 bits per heavy atom. The van der Waals surface area contributed by atoms with Crippen molar-refractivity contribution in [2.45, 2.75) is 24.7 Å². The van der Waals surface area contributed by atoms with Gasteiger partial charge in [0.05, 0.1) is 28.1 Å². The van der Waals surface area contributed by atoms with Gasteiger partial charge in [0.2, 0.25) is 5.91 Å². The van der Waals surface area contributed by atoms with Crippen LogP contribution >= 0.6 is 0 Å². The fourth-order valence-corrected chi connectivity index (χ4v) is 3.69. The third-order valence-electron chi connectivity index (χ3n) is 4.14. The Kier molecular flexibility index (Phi) is 5.89. The molecule has 3 aromatic rings. The standard InChI is InChI=1S/C20H19FN2O4S/c1-2-28(25,26)18-10-6-5-9-16(18)23-19(24)11-12-20-22-13-17(27-20)14-7-3-4-8-15(14)21/h3-10,13H,2,11-12H2,1H3,(H,23,24). The van der Waals surface area contributed by atoms with Gasteiger partial charge in [0.25, 0.3) is 0 Å². The number of aryl methyl sites for hydroxylation is 1. The molecule has 0 radical (unpaired) electrons. The van der Waals surface area contributed by atoms with Crippen molar-refractivity contribution < 1.29 is 22.0 Å². The van der Waals surface area contributed by atoms with Crippen LogP contribution in [0.2, 0.25) is 0 Å². The lowest BCUT2D eigenvalue weighted by Crippen LogP contribution is -2.15. The third-order valence-corrected chi connectivity index (χ3v) is 5.92. The van der Waals surface area contributed by atoms with E-state index in [4.69, 9.17) is 4.42 Å². The second-order valence-electron chi connectivity index (χ2n) is 6.05. The quantitative estimate of drug-likeness (QED) is 0.648. The first-order valence-electron chi connectivity index (χ1n) is 8.72. The van der Waals surface area contributed by atoms with Crippen LogP contribution in [0.4, 0.5) is 10.1 Å². The second kappa shape index (κ2) is 8.35. The Hall–Kier alpha value is -3.00. The highest BCUT2D eigenvalue weighted by Crippen LogP contribution is 2.24. The van der Waals surface area contributed by atoms with Crippen molar-refractivity contribution in [2.24, 2.45) is 0 Å². The van der Waals surface area contributed by atoms with E-state index in [0.717, 1.165) is 0 Å². The van der Waals surface area contributed by atoms with Gasteiger partial charge >= 0.3 is 0 Å². The summed E-state index contributed by atoms with van der Waals surface area (Å²) in [7, 11) is -3.45. The predicted molar refractivity (Wildman–Crippen MR) is 103 cm³/mol. The Bertz CT molecular complexity index is 1090. The molecule has 0 saturated heterocycles. The van der Waals surface area contributed by atoms with E-state index in [0.29, 0.717) is 11.5 Å². The molecule has 146 valence electrons. The third kappa shape index (κ3) is 4.45. The molecule has 0 aliphatic carbocycles. The molecule has 1 heterocycles. The summed E-state index contributed by atoms with van der Waals surface area (Å²) in [4.78, 5) is 16.4. The number of amides is 1. The summed E-state index contributed by atoms with van der Waals surface area (Å²) in [5, 5.41) is 2.62. The van der Waals surface area contributed by atoms with Gasteiger partial charge in [-0.1, -0.05) is 31.2 Å². The highest BCUT2D eigenvalue weighted by molar-refractivity contribution is 7.91. The number of hydrogen-bond acceptors (Lipinski definition) is 5. The number of anilines is 1. The van der Waals surface area contributed by atoms with Crippen molar-refractivity contribution in [3.63, 3.8) is 0 Å². The number of sulfone groups is 1. The highest BCUT2D eigenvalue weighted by atomic mass is 32.2. The molecule has 6 nitrogen and oxygen atoms in total. The molecule has 8 heteroatoms. The number of nitrogens with zero attached hydrogens (tertiary/aromatic N) is 1. The molecule has 0 aliphatic heterocycles. The van der Waals surface area contributed by atoms with Crippen molar-refractivity contribution in [3.05, 3.63) is 66.4 Å². The number of halogens is 1. The van der Waals surface area contributed by atoms with E-state index in [1.54, 1.807) is 43.3 Å². The molecule has 1 N–H and O–H groups in total. The highest BCUT2D eigenvalue weighted by Gasteiger charge is 2.18. The average molecular weight is 402 g/mol. The normalized spacial score (nSPS) is 11.4. The zero-order chi connectivity index (χ0) is 20.1. The number of benzene rings is 2. The van der Waals surface area contributed by atoms with Crippen molar-refractivity contribution in [2.75, 3.05) is 11.1 Å². The van der Waals surface area contributed by atoms with Gasteiger partial charge in [-0.25, -0.2) is 17.8 Å². The van der Waals surface area contributed by atoms with E-state index in [2.05, 4.69) is 10.3 Å². The van der Waals surface area contributed by atoms with Crippen molar-refractivity contribution in [1.29, 1.82) is 0 Å². The molecule has 0 unspecified atom stereocenters. The molecule has 0 bridgehead atoms. The summed E-state index contributed by atoms with van der Waals surface area (Å²) in [5.74, 6) is -0.272. The van der Waals surface area contributed by atoms with Crippen molar-refractivity contribution >= 4 is 21.4 Å². The van der Waals surface area contributed by atoms with Crippen LogP contribution in [0, 0.1) is 5.82 Å². The van der Waals surface area contributed by atoms with Crippen LogP contribution in [-0.4, -0.2) is 25.1 Å². The number of carbonyl (C=O) groups is 1. The van der Waals surface area contributed by atoms with E-state index in [1.165, 1.54) is 18.3 Å². The first-order chi connectivity index (χ1) is 13.4. The molecule has 1 aromatic heterocycles. The monoisotopic (exact) mass is 402 g/mol. The first-order valence-corrected chi connectivity index (χ1v) is 10.4. The van der Waals surface area contributed by atoms with Gasteiger partial charge in [-0.3, -0.25) is 4.79 Å². The number of nitrogens with one attached hydrogen (secondary N) is 1. The Morgan fingerprint density at radius 2 is 1.86 bits per heavy atom. The maximum absolute atomic E-state index is 13.8. The predicted octanol–water partition coefficient (Wildman–Crippen LogP) is 3.85. The van der Waals surface area contributed by atoms with E-state index >= 15 is 0 Å². The SMILES string of the molecule is CCS(=O)(=O)c1ccccc1NC(=O)CCc1ncc(-c2ccccc2F)o1. The number of aromatic nitrogens is 1. The summed E-state index contributed by atoms with van der Waals surface area (Å²) in [6, 6.07) is 12.4. The lowest BCUT2D eigenvalue weighted by atomic mass is 10.2.